The molecule has 3 aliphatic rings. The number of quaternary nitrogens is 1. The molecule has 0 unspecified atom stereocenters. The summed E-state index contributed by atoms with van der Waals surface area (Å²) in [5, 5.41) is 5.36. The van der Waals surface area contributed by atoms with Gasteiger partial charge in [0.05, 0.1) is 6.04 Å². The highest BCUT2D eigenvalue weighted by Gasteiger charge is 2.51. The fourth-order valence-electron chi connectivity index (χ4n) is 3.79. The van der Waals surface area contributed by atoms with Gasteiger partial charge >= 0.3 is 0 Å². The molecule has 1 saturated carbocycles. The van der Waals surface area contributed by atoms with E-state index in [0.717, 1.165) is 18.5 Å². The van der Waals surface area contributed by atoms with Crippen LogP contribution in [0.1, 0.15) is 32.1 Å². The molecule has 3 fully saturated rings. The Morgan fingerprint density at radius 2 is 2.00 bits per heavy atom. The lowest BCUT2D eigenvalue weighted by Crippen LogP contribution is -2.95. The quantitative estimate of drug-likeness (QED) is 0.544. The summed E-state index contributed by atoms with van der Waals surface area (Å²) in [6, 6.07) is 1.03. The zero-order valence-corrected chi connectivity index (χ0v) is 8.54. The van der Waals surface area contributed by atoms with Gasteiger partial charge < -0.3 is 10.6 Å². The van der Waals surface area contributed by atoms with E-state index in [0.29, 0.717) is 11.8 Å². The molecule has 3 nitrogen and oxygen atoms in total. The van der Waals surface area contributed by atoms with Gasteiger partial charge in [-0.25, -0.2) is 0 Å². The van der Waals surface area contributed by atoms with Crippen LogP contribution in [0.5, 0.6) is 0 Å². The zero-order valence-electron chi connectivity index (χ0n) is 8.54. The fourth-order valence-corrected chi connectivity index (χ4v) is 3.79. The molecular weight excluding hydrogens is 176 g/mol. The minimum absolute atomic E-state index is 0.261. The molecule has 2 saturated heterocycles. The number of nitrogens with two attached hydrogens (primary N) is 1. The largest absolute Gasteiger partial charge is 0.351 e. The SMILES string of the molecule is O=C1NCC[C@H]2[C@H]3CCCC[C@@H]3[NH2+][C@H]12. The summed E-state index contributed by atoms with van der Waals surface area (Å²) >= 11 is 0. The van der Waals surface area contributed by atoms with Crippen molar-refractivity contribution >= 4 is 5.91 Å². The first-order valence-electron chi connectivity index (χ1n) is 5.99. The first kappa shape index (κ1) is 8.72. The first-order chi connectivity index (χ1) is 6.86. The maximum absolute atomic E-state index is 11.7. The molecule has 0 bridgehead atoms. The summed E-state index contributed by atoms with van der Waals surface area (Å²) in [4.78, 5) is 11.7. The molecule has 14 heavy (non-hydrogen) atoms. The molecule has 78 valence electrons. The van der Waals surface area contributed by atoms with Crippen LogP contribution in [0.3, 0.4) is 0 Å². The second kappa shape index (κ2) is 3.23. The number of amides is 1. The maximum atomic E-state index is 11.7. The Morgan fingerprint density at radius 3 is 2.93 bits per heavy atom. The van der Waals surface area contributed by atoms with Crippen LogP contribution in [0, 0.1) is 11.8 Å². The van der Waals surface area contributed by atoms with Crippen LogP contribution in [0.4, 0.5) is 0 Å². The predicted molar refractivity (Wildman–Crippen MR) is 52.6 cm³/mol. The van der Waals surface area contributed by atoms with Crippen molar-refractivity contribution in [1.82, 2.24) is 5.32 Å². The van der Waals surface area contributed by atoms with Crippen LogP contribution >= 0.6 is 0 Å². The summed E-state index contributed by atoms with van der Waals surface area (Å²) < 4.78 is 0. The molecule has 0 aromatic carbocycles. The van der Waals surface area contributed by atoms with E-state index in [-0.39, 0.29) is 6.04 Å². The molecule has 0 spiro atoms. The van der Waals surface area contributed by atoms with Crippen LogP contribution in [-0.4, -0.2) is 24.5 Å². The molecule has 3 heteroatoms. The van der Waals surface area contributed by atoms with Gasteiger partial charge in [0.15, 0.2) is 6.04 Å². The van der Waals surface area contributed by atoms with Crippen LogP contribution in [0.15, 0.2) is 0 Å². The lowest BCUT2D eigenvalue weighted by molar-refractivity contribution is -0.696. The van der Waals surface area contributed by atoms with Gasteiger partial charge in [0.1, 0.15) is 0 Å². The molecule has 3 N–H and O–H groups in total. The Morgan fingerprint density at radius 1 is 1.14 bits per heavy atom. The van der Waals surface area contributed by atoms with Gasteiger partial charge in [0, 0.05) is 18.4 Å². The number of rotatable bonds is 0. The monoisotopic (exact) mass is 195 g/mol. The normalized spacial score (nSPS) is 46.7. The third kappa shape index (κ3) is 1.18. The molecule has 0 radical (unpaired) electrons. The molecule has 1 amide bonds. The average Bonchev–Trinajstić information content (AvgIpc) is 2.59. The second-order valence-corrected chi connectivity index (χ2v) is 5.07. The van der Waals surface area contributed by atoms with E-state index in [1.54, 1.807) is 0 Å². The number of hydrogen-bond acceptors (Lipinski definition) is 1. The number of carbonyl (C=O) groups is 1. The zero-order chi connectivity index (χ0) is 9.54. The molecule has 2 aliphatic heterocycles. The Kier molecular flexibility index (Phi) is 2.01. The summed E-state index contributed by atoms with van der Waals surface area (Å²) in [6.45, 7) is 0.914. The predicted octanol–water partition coefficient (Wildman–Crippen LogP) is -0.373. The molecule has 4 atom stereocenters. The van der Waals surface area contributed by atoms with Crippen molar-refractivity contribution in [2.75, 3.05) is 6.54 Å². The fraction of sp³-hybridized carbons (Fsp3) is 0.909. The summed E-state index contributed by atoms with van der Waals surface area (Å²) in [6.07, 6.45) is 6.69. The van der Waals surface area contributed by atoms with Crippen molar-refractivity contribution in [1.29, 1.82) is 0 Å². The summed E-state index contributed by atoms with van der Waals surface area (Å²) in [5.74, 6) is 1.84. The number of nitrogens with one attached hydrogen (secondary N) is 1. The highest BCUT2D eigenvalue weighted by Crippen LogP contribution is 2.36. The second-order valence-electron chi connectivity index (χ2n) is 5.07. The van der Waals surface area contributed by atoms with E-state index >= 15 is 0 Å². The van der Waals surface area contributed by atoms with Crippen molar-refractivity contribution < 1.29 is 10.1 Å². The van der Waals surface area contributed by atoms with E-state index < -0.39 is 0 Å². The molecule has 0 aromatic rings. The van der Waals surface area contributed by atoms with Gasteiger partial charge in [0.2, 0.25) is 0 Å². The maximum Gasteiger partial charge on any atom is 0.278 e. The van der Waals surface area contributed by atoms with Crippen molar-refractivity contribution in [3.63, 3.8) is 0 Å². The van der Waals surface area contributed by atoms with E-state index in [1.165, 1.54) is 32.1 Å². The summed E-state index contributed by atoms with van der Waals surface area (Å²) in [5.41, 5.74) is 0. The van der Waals surface area contributed by atoms with Crippen molar-refractivity contribution in [2.45, 2.75) is 44.2 Å². The number of fused-ring (bicyclic) bond motifs is 3. The van der Waals surface area contributed by atoms with E-state index in [4.69, 9.17) is 0 Å². The van der Waals surface area contributed by atoms with Crippen LogP contribution < -0.4 is 10.6 Å². The van der Waals surface area contributed by atoms with Gasteiger partial charge in [-0.1, -0.05) is 6.42 Å². The lowest BCUT2D eigenvalue weighted by Gasteiger charge is -2.27. The molecular formula is C11H19N2O+. The summed E-state index contributed by atoms with van der Waals surface area (Å²) in [7, 11) is 0. The molecule has 2 heterocycles. The lowest BCUT2D eigenvalue weighted by atomic mass is 9.76. The van der Waals surface area contributed by atoms with Crippen molar-refractivity contribution in [3.05, 3.63) is 0 Å². The highest BCUT2D eigenvalue weighted by molar-refractivity contribution is 5.81. The van der Waals surface area contributed by atoms with Crippen molar-refractivity contribution in [3.8, 4) is 0 Å². The minimum Gasteiger partial charge on any atom is -0.351 e. The van der Waals surface area contributed by atoms with Gasteiger partial charge in [-0.3, -0.25) is 4.79 Å². The van der Waals surface area contributed by atoms with Crippen LogP contribution in [-0.2, 0) is 4.79 Å². The van der Waals surface area contributed by atoms with E-state index in [9.17, 15) is 4.79 Å². The van der Waals surface area contributed by atoms with Gasteiger partial charge in [-0.05, 0) is 25.7 Å². The molecule has 1 aliphatic carbocycles. The van der Waals surface area contributed by atoms with E-state index in [1.807, 2.05) is 0 Å². The Hall–Kier alpha value is -0.570. The number of piperidine rings is 1. The highest BCUT2D eigenvalue weighted by atomic mass is 16.2. The topological polar surface area (TPSA) is 45.7 Å². The van der Waals surface area contributed by atoms with Crippen LogP contribution in [0.2, 0.25) is 0 Å². The van der Waals surface area contributed by atoms with Crippen molar-refractivity contribution in [2.24, 2.45) is 11.8 Å². The standard InChI is InChI=1S/C11H18N2O/c14-11-10-8(5-6-12-11)7-3-1-2-4-9(7)13-10/h7-10,13H,1-6H2,(H,12,14)/p+1/t7-,8+,9+,10+/m1/s1. The molecule has 3 rings (SSSR count). The third-order valence-corrected chi connectivity index (χ3v) is 4.42. The van der Waals surface area contributed by atoms with Gasteiger partial charge in [-0.15, -0.1) is 0 Å². The Balaban J connectivity index is 1.82. The van der Waals surface area contributed by atoms with E-state index in [2.05, 4.69) is 10.6 Å². The van der Waals surface area contributed by atoms with Gasteiger partial charge in [-0.2, -0.15) is 0 Å². The first-order valence-corrected chi connectivity index (χ1v) is 5.99. The average molecular weight is 195 g/mol. The van der Waals surface area contributed by atoms with Gasteiger partial charge in [0.25, 0.3) is 5.91 Å². The Labute approximate surface area is 84.6 Å². The van der Waals surface area contributed by atoms with Crippen LogP contribution in [0.25, 0.3) is 0 Å². The minimum atomic E-state index is 0.261. The Bertz CT molecular complexity index is 254. The number of hydrogen-bond donors (Lipinski definition) is 2. The smallest absolute Gasteiger partial charge is 0.278 e. The third-order valence-electron chi connectivity index (χ3n) is 4.42. The molecule has 0 aromatic heterocycles. The number of carbonyl (C=O) groups excluding carboxylic acids is 1.